The van der Waals surface area contributed by atoms with E-state index >= 15 is 0 Å². The molecule has 0 bridgehead atoms. The quantitative estimate of drug-likeness (QED) is 0.0252. The molecule has 2 rings (SSSR count). The summed E-state index contributed by atoms with van der Waals surface area (Å²) in [5.41, 5.74) is 0. The van der Waals surface area contributed by atoms with Crippen molar-refractivity contribution in [1.82, 2.24) is 63.8 Å². The number of rotatable bonds is 100. The van der Waals surface area contributed by atoms with Crippen molar-refractivity contribution in [2.45, 2.75) is 371 Å². The van der Waals surface area contributed by atoms with Crippen molar-refractivity contribution in [2.75, 3.05) is 165 Å². The van der Waals surface area contributed by atoms with Gasteiger partial charge in [0.1, 0.15) is 50.6 Å². The van der Waals surface area contributed by atoms with E-state index in [2.05, 4.69) is 63.8 Å². The molecule has 144 heavy (non-hydrogen) atoms. The standard InChI is InChI=1S/C103H184N12O29/c1-104-85(101(131)132)39-35-37-57-110-100(130)84(113-95(123)79-144-73-69-140-65-61-109-94(122)78-143-72-67-138-63-59-107-91(119)55-53-87(103(135)136)115-99(129)83-50-46-81(47-51-83)75-112-89(117)41-31-27-23-19-15-11-7-3-5-9-13-17-21-25-29-33-43-97(126)127)38-34-36-56-105-92(120)76-141-70-68-139-64-60-108-93(121)77-142-71-66-137-62-58-106-90(118)54-52-86(102(133)134)114-98(128)82-48-44-80(45-49-82)74-111-88(116)40-30-26-22-18-14-10-6-2-4-8-12-16-20-24-28-32-42-96(124)125/h80-87,104H,2-79H2,1H3,(H,105,120)(H,106,118)(H,107,119)(H,108,121)(H,109,122)(H,110,130)(H,111,116)(H,112,117)(H,113,123)(H,114,128)(H,115,129)(H,124,125)(H,126,127)(H,131,132)(H,133,134)(H,135,136). The van der Waals surface area contributed by atoms with Gasteiger partial charge < -0.3 is 127 Å². The summed E-state index contributed by atoms with van der Waals surface area (Å²) in [6, 6.07) is -4.14. The highest BCUT2D eigenvalue weighted by molar-refractivity contribution is 5.89. The molecule has 0 aromatic heterocycles. The first-order chi connectivity index (χ1) is 69.8. The molecule has 2 saturated carbocycles. The Bertz CT molecular complexity index is 3470. The number of nitrogens with one attached hydrogen (secondary N) is 12. The van der Waals surface area contributed by atoms with Crippen LogP contribution < -0.4 is 63.8 Å². The monoisotopic (exact) mass is 2050 g/mol. The lowest BCUT2D eigenvalue weighted by atomic mass is 9.81. The third-order valence-electron chi connectivity index (χ3n) is 25.7. The van der Waals surface area contributed by atoms with Gasteiger partial charge in [-0.2, -0.15) is 0 Å². The molecule has 2 aliphatic rings. The summed E-state index contributed by atoms with van der Waals surface area (Å²) < 4.78 is 43.5. The van der Waals surface area contributed by atoms with Gasteiger partial charge in [-0.1, -0.05) is 180 Å². The molecule has 2 fully saturated rings. The Kier molecular flexibility index (Phi) is 83.5. The fourth-order valence-corrected chi connectivity index (χ4v) is 17.0. The number of hydrogen-bond donors (Lipinski definition) is 17. The molecule has 4 atom stereocenters. The zero-order valence-corrected chi connectivity index (χ0v) is 86.8. The maximum absolute atomic E-state index is 13.3. The molecule has 0 spiro atoms. The molecule has 41 heteroatoms. The number of unbranched alkanes of at least 4 members (excludes halogenated alkanes) is 32. The van der Waals surface area contributed by atoms with E-state index in [9.17, 15) is 92.0 Å². The summed E-state index contributed by atoms with van der Waals surface area (Å²) in [5, 5.41) is 79.4. The van der Waals surface area contributed by atoms with Crippen LogP contribution in [0.5, 0.6) is 0 Å². The van der Waals surface area contributed by atoms with Crippen LogP contribution in [-0.2, 0) is 115 Å². The Morgan fingerprint density at radius 3 is 0.785 bits per heavy atom. The molecule has 11 amide bonds. The first-order valence-corrected chi connectivity index (χ1v) is 54.2. The summed E-state index contributed by atoms with van der Waals surface area (Å²) in [7, 11) is 1.55. The van der Waals surface area contributed by atoms with Crippen LogP contribution >= 0.6 is 0 Å². The highest BCUT2D eigenvalue weighted by Crippen LogP contribution is 2.31. The Hall–Kier alpha value is -8.84. The maximum atomic E-state index is 13.3. The summed E-state index contributed by atoms with van der Waals surface area (Å²) in [5.74, 6) is -8.68. The Morgan fingerprint density at radius 2 is 0.486 bits per heavy atom. The van der Waals surface area contributed by atoms with Gasteiger partial charge in [-0.25, -0.2) is 9.59 Å². The maximum Gasteiger partial charge on any atom is 0.326 e. The third kappa shape index (κ3) is 79.4. The second-order valence-electron chi connectivity index (χ2n) is 38.0. The van der Waals surface area contributed by atoms with E-state index in [4.69, 9.17) is 48.1 Å². The number of carboxylic acids is 5. The molecule has 41 nitrogen and oxygen atoms in total. The lowest BCUT2D eigenvalue weighted by Gasteiger charge is -2.28. The molecular formula is C103H184N12O29. The Balaban J connectivity index is 1.46. The van der Waals surface area contributed by atoms with Crippen molar-refractivity contribution in [3.05, 3.63) is 0 Å². The van der Waals surface area contributed by atoms with Crippen molar-refractivity contribution in [2.24, 2.45) is 23.7 Å². The number of hydrogen-bond acceptors (Lipinski definition) is 25. The van der Waals surface area contributed by atoms with E-state index in [0.29, 0.717) is 83.7 Å². The summed E-state index contributed by atoms with van der Waals surface area (Å²) in [6.45, 7) is 2.44. The van der Waals surface area contributed by atoms with Gasteiger partial charge in [-0.3, -0.25) is 67.1 Å². The number of carbonyl (C=O) groups excluding carboxylic acids is 11. The minimum atomic E-state index is -1.24. The molecule has 0 aromatic rings. The van der Waals surface area contributed by atoms with Gasteiger partial charge in [-0.05, 0) is 147 Å². The minimum Gasteiger partial charge on any atom is -0.481 e. The van der Waals surface area contributed by atoms with E-state index in [1.807, 2.05) is 0 Å². The van der Waals surface area contributed by atoms with Crippen molar-refractivity contribution < 1.29 is 140 Å². The van der Waals surface area contributed by atoms with Gasteiger partial charge >= 0.3 is 29.8 Å². The predicted molar refractivity (Wildman–Crippen MR) is 541 cm³/mol. The first-order valence-electron chi connectivity index (χ1n) is 54.2. The molecule has 0 radical (unpaired) electrons. The number of amides is 11. The average molecular weight is 2050 g/mol. The molecule has 0 saturated heterocycles. The number of ether oxygens (including phenoxy) is 8. The van der Waals surface area contributed by atoms with E-state index in [1.165, 1.54) is 128 Å². The highest BCUT2D eigenvalue weighted by Gasteiger charge is 2.33. The molecule has 17 N–H and O–H groups in total. The van der Waals surface area contributed by atoms with Crippen molar-refractivity contribution in [3.63, 3.8) is 0 Å². The summed E-state index contributed by atoms with van der Waals surface area (Å²) >= 11 is 0. The molecule has 830 valence electrons. The van der Waals surface area contributed by atoms with Crippen LogP contribution in [0, 0.1) is 23.7 Å². The molecule has 0 heterocycles. The van der Waals surface area contributed by atoms with Crippen LogP contribution in [0.1, 0.15) is 347 Å². The largest absolute Gasteiger partial charge is 0.481 e. The van der Waals surface area contributed by atoms with Gasteiger partial charge in [0.2, 0.25) is 65.0 Å². The van der Waals surface area contributed by atoms with E-state index in [0.717, 1.165) is 103 Å². The highest BCUT2D eigenvalue weighted by atomic mass is 16.5. The molecule has 0 aromatic carbocycles. The second-order valence-corrected chi connectivity index (χ2v) is 38.0. The van der Waals surface area contributed by atoms with Gasteiger partial charge in [0.05, 0.1) is 79.3 Å². The summed E-state index contributed by atoms with van der Waals surface area (Å²) in [4.78, 5) is 196. The zero-order valence-electron chi connectivity index (χ0n) is 86.8. The fourth-order valence-electron chi connectivity index (χ4n) is 17.0. The van der Waals surface area contributed by atoms with E-state index < -0.39 is 83.5 Å². The SMILES string of the molecule is CNC(CCCCNC(=O)C(CCCCNC(=O)COCCOCCNC(=O)COCCOCCNC(=O)CCC(NC(=O)C1CCC(CNC(=O)CCCCCCCCCCCCCCCCCCC(=O)O)CC1)C(=O)O)NC(=O)COCCOCCNC(=O)COCCOCCNC(=O)CCC(NC(=O)C1CCC(CNC(=O)CCCCCCCCCCCCCCCCCCC(=O)O)CC1)C(=O)O)C(=O)O. The smallest absolute Gasteiger partial charge is 0.326 e. The van der Waals surface area contributed by atoms with Crippen LogP contribution in [0.15, 0.2) is 0 Å². The van der Waals surface area contributed by atoms with Gasteiger partial charge in [0.15, 0.2) is 0 Å². The topological polar surface area (TPSA) is 592 Å². The van der Waals surface area contributed by atoms with Crippen molar-refractivity contribution in [1.29, 1.82) is 0 Å². The third-order valence-corrected chi connectivity index (χ3v) is 25.7. The molecular weight excluding hydrogens is 1870 g/mol. The lowest BCUT2D eigenvalue weighted by molar-refractivity contribution is -0.143. The fraction of sp³-hybridized carbons (Fsp3) is 0.845. The minimum absolute atomic E-state index is 0.0201. The van der Waals surface area contributed by atoms with Crippen molar-refractivity contribution in [3.8, 4) is 0 Å². The van der Waals surface area contributed by atoms with E-state index in [1.54, 1.807) is 7.05 Å². The molecule has 4 unspecified atom stereocenters. The van der Waals surface area contributed by atoms with Crippen LogP contribution in [0.2, 0.25) is 0 Å². The Morgan fingerprint density at radius 1 is 0.229 bits per heavy atom. The Labute approximate surface area is 854 Å². The molecule has 2 aliphatic carbocycles. The predicted octanol–water partition coefficient (Wildman–Crippen LogP) is 9.07. The number of aliphatic carboxylic acids is 5. The van der Waals surface area contributed by atoms with Crippen molar-refractivity contribution >= 4 is 94.8 Å². The van der Waals surface area contributed by atoms with Crippen LogP contribution in [0.3, 0.4) is 0 Å². The van der Waals surface area contributed by atoms with E-state index in [-0.39, 0.29) is 249 Å². The first kappa shape index (κ1) is 131. The summed E-state index contributed by atoms with van der Waals surface area (Å²) in [6.07, 6.45) is 45.7. The zero-order chi connectivity index (χ0) is 105. The number of likely N-dealkylation sites (N-methyl/N-ethyl adjacent to an activating group) is 1. The second kappa shape index (κ2) is 91.6. The van der Waals surface area contributed by atoms with Gasteiger partial charge in [0.25, 0.3) is 0 Å². The number of carboxylic acid groups (broad SMARTS) is 5. The van der Waals surface area contributed by atoms with Gasteiger partial charge in [-0.15, -0.1) is 0 Å². The van der Waals surface area contributed by atoms with Crippen LogP contribution in [0.25, 0.3) is 0 Å². The number of carbonyl (C=O) groups is 16. The average Bonchev–Trinajstić information content (AvgIpc) is 0.869. The van der Waals surface area contributed by atoms with Crippen LogP contribution in [0.4, 0.5) is 0 Å². The molecule has 0 aliphatic heterocycles. The van der Waals surface area contributed by atoms with Crippen LogP contribution in [-0.4, -0.2) is 310 Å². The normalized spacial score (nSPS) is 15.3. The van der Waals surface area contributed by atoms with Gasteiger partial charge in [0, 0.05) is 103 Å². The lowest BCUT2D eigenvalue weighted by Crippen LogP contribution is -2.48.